The highest BCUT2D eigenvalue weighted by molar-refractivity contribution is 6.05. The van der Waals surface area contributed by atoms with Gasteiger partial charge in [0.1, 0.15) is 0 Å². The topological polar surface area (TPSA) is 69.6 Å². The van der Waals surface area contributed by atoms with Crippen molar-refractivity contribution in [3.8, 4) is 11.1 Å². The molecule has 0 atom stereocenters. The van der Waals surface area contributed by atoms with E-state index in [4.69, 9.17) is 5.11 Å². The molecule has 0 unspecified atom stereocenters. The van der Waals surface area contributed by atoms with Crippen LogP contribution in [0, 0.1) is 6.92 Å². The molecule has 3 rings (SSSR count). The molecule has 0 spiro atoms. The normalized spacial score (nSPS) is 10.8. The Labute approximate surface area is 176 Å². The number of hydrogen-bond acceptors (Lipinski definition) is 3. The van der Waals surface area contributed by atoms with Gasteiger partial charge in [0.2, 0.25) is 0 Å². The second-order valence-corrected chi connectivity index (χ2v) is 7.23. The van der Waals surface area contributed by atoms with Crippen LogP contribution in [-0.4, -0.2) is 31.1 Å². The first-order chi connectivity index (χ1) is 14.3. The van der Waals surface area contributed by atoms with Crippen LogP contribution in [0.15, 0.2) is 72.8 Å². The molecule has 5 nitrogen and oxygen atoms in total. The molecule has 2 N–H and O–H groups in total. The third-order valence-corrected chi connectivity index (χ3v) is 4.74. The molecule has 0 aromatic heterocycles. The zero-order chi connectivity index (χ0) is 21.7. The average molecular weight is 400 g/mol. The number of hydrogen-bond donors (Lipinski definition) is 2. The SMILES string of the molecule is Cc1ccc(NC(=O)c2cccc(N(C)C)c2)cc1-c1cccc(C=CC(=O)O)c1. The minimum absolute atomic E-state index is 0.174. The highest BCUT2D eigenvalue weighted by atomic mass is 16.4. The fourth-order valence-electron chi connectivity index (χ4n) is 3.12. The van der Waals surface area contributed by atoms with Crippen molar-refractivity contribution in [3.63, 3.8) is 0 Å². The predicted molar refractivity (Wildman–Crippen MR) is 122 cm³/mol. The van der Waals surface area contributed by atoms with Crippen LogP contribution >= 0.6 is 0 Å². The predicted octanol–water partition coefficient (Wildman–Crippen LogP) is 5.08. The third-order valence-electron chi connectivity index (χ3n) is 4.74. The molecule has 0 saturated carbocycles. The maximum atomic E-state index is 12.7. The molecule has 1 amide bonds. The number of benzene rings is 3. The van der Waals surface area contributed by atoms with Crippen molar-refractivity contribution >= 4 is 29.3 Å². The van der Waals surface area contributed by atoms with E-state index in [1.807, 2.05) is 86.6 Å². The van der Waals surface area contributed by atoms with Crippen LogP contribution in [0.3, 0.4) is 0 Å². The number of amides is 1. The molecular formula is C25H24N2O3. The minimum Gasteiger partial charge on any atom is -0.478 e. The van der Waals surface area contributed by atoms with Gasteiger partial charge in [-0.3, -0.25) is 4.79 Å². The smallest absolute Gasteiger partial charge is 0.328 e. The second-order valence-electron chi connectivity index (χ2n) is 7.23. The number of aryl methyl sites for hydroxylation is 1. The van der Waals surface area contributed by atoms with E-state index in [-0.39, 0.29) is 5.91 Å². The average Bonchev–Trinajstić information content (AvgIpc) is 2.74. The number of carboxylic acid groups (broad SMARTS) is 1. The summed E-state index contributed by atoms with van der Waals surface area (Å²) in [6, 6.07) is 20.8. The number of anilines is 2. The maximum Gasteiger partial charge on any atom is 0.328 e. The summed E-state index contributed by atoms with van der Waals surface area (Å²) >= 11 is 0. The zero-order valence-electron chi connectivity index (χ0n) is 17.2. The van der Waals surface area contributed by atoms with Crippen molar-refractivity contribution in [3.05, 3.63) is 89.5 Å². The van der Waals surface area contributed by atoms with Crippen molar-refractivity contribution in [2.24, 2.45) is 0 Å². The number of rotatable bonds is 6. The highest BCUT2D eigenvalue weighted by Gasteiger charge is 2.10. The molecule has 0 aliphatic rings. The summed E-state index contributed by atoms with van der Waals surface area (Å²) in [6.07, 6.45) is 2.68. The first kappa shape index (κ1) is 20.9. The monoisotopic (exact) mass is 400 g/mol. The van der Waals surface area contributed by atoms with Crippen LogP contribution in [0.25, 0.3) is 17.2 Å². The van der Waals surface area contributed by atoms with E-state index < -0.39 is 5.97 Å². The van der Waals surface area contributed by atoms with Crippen molar-refractivity contribution in [1.82, 2.24) is 0 Å². The number of carboxylic acids is 1. The van der Waals surface area contributed by atoms with Crippen molar-refractivity contribution in [2.75, 3.05) is 24.3 Å². The lowest BCUT2D eigenvalue weighted by Crippen LogP contribution is -2.14. The molecule has 0 radical (unpaired) electrons. The van der Waals surface area contributed by atoms with E-state index in [1.54, 1.807) is 12.1 Å². The van der Waals surface area contributed by atoms with Crippen LogP contribution in [0.5, 0.6) is 0 Å². The first-order valence-corrected chi connectivity index (χ1v) is 9.54. The van der Waals surface area contributed by atoms with E-state index in [2.05, 4.69) is 5.32 Å². The van der Waals surface area contributed by atoms with Gasteiger partial charge in [-0.1, -0.05) is 30.3 Å². The largest absolute Gasteiger partial charge is 0.478 e. The van der Waals surface area contributed by atoms with E-state index in [0.717, 1.165) is 34.0 Å². The lowest BCUT2D eigenvalue weighted by Gasteiger charge is -2.14. The quantitative estimate of drug-likeness (QED) is 0.566. The first-order valence-electron chi connectivity index (χ1n) is 9.54. The summed E-state index contributed by atoms with van der Waals surface area (Å²) in [5.41, 5.74) is 6.02. The van der Waals surface area contributed by atoms with Gasteiger partial charge in [-0.05, 0) is 71.7 Å². The highest BCUT2D eigenvalue weighted by Crippen LogP contribution is 2.28. The molecular weight excluding hydrogens is 376 g/mol. The molecule has 0 saturated heterocycles. The minimum atomic E-state index is -0.986. The van der Waals surface area contributed by atoms with Crippen LogP contribution in [0.4, 0.5) is 11.4 Å². The molecule has 152 valence electrons. The number of carbonyl (C=O) groups is 2. The Morgan fingerprint density at radius 3 is 2.47 bits per heavy atom. The van der Waals surface area contributed by atoms with Crippen molar-refractivity contribution < 1.29 is 14.7 Å². The van der Waals surface area contributed by atoms with Crippen LogP contribution < -0.4 is 10.2 Å². The molecule has 30 heavy (non-hydrogen) atoms. The summed E-state index contributed by atoms with van der Waals surface area (Å²) < 4.78 is 0. The van der Waals surface area contributed by atoms with Gasteiger partial charge >= 0.3 is 5.97 Å². The molecule has 0 bridgehead atoms. The van der Waals surface area contributed by atoms with E-state index in [1.165, 1.54) is 0 Å². The standard InChI is InChI=1S/C25H24N2O3/c1-17-10-12-21(26-25(30)20-8-5-9-22(15-20)27(2)3)16-23(17)19-7-4-6-18(14-19)11-13-24(28)29/h4-16H,1-3H3,(H,26,30)(H,28,29). The Balaban J connectivity index is 1.87. The summed E-state index contributed by atoms with van der Waals surface area (Å²) in [5.74, 6) is -1.16. The van der Waals surface area contributed by atoms with Crippen molar-refractivity contribution in [1.29, 1.82) is 0 Å². The zero-order valence-corrected chi connectivity index (χ0v) is 17.2. The summed E-state index contributed by atoms with van der Waals surface area (Å²) in [6.45, 7) is 2.00. The maximum absolute atomic E-state index is 12.7. The lowest BCUT2D eigenvalue weighted by molar-refractivity contribution is -0.131. The number of aliphatic carboxylic acids is 1. The lowest BCUT2D eigenvalue weighted by atomic mass is 9.98. The molecule has 5 heteroatoms. The summed E-state index contributed by atoms with van der Waals surface area (Å²) in [7, 11) is 3.87. The van der Waals surface area contributed by atoms with E-state index in [9.17, 15) is 9.59 Å². The Kier molecular flexibility index (Phi) is 6.32. The summed E-state index contributed by atoms with van der Waals surface area (Å²) in [4.78, 5) is 25.5. The Hall–Kier alpha value is -3.86. The van der Waals surface area contributed by atoms with Gasteiger partial charge in [-0.2, -0.15) is 0 Å². The molecule has 3 aromatic rings. The Bertz CT molecular complexity index is 1120. The van der Waals surface area contributed by atoms with Gasteiger partial charge in [-0.25, -0.2) is 4.79 Å². The van der Waals surface area contributed by atoms with Gasteiger partial charge < -0.3 is 15.3 Å². The van der Waals surface area contributed by atoms with E-state index >= 15 is 0 Å². The van der Waals surface area contributed by atoms with E-state index in [0.29, 0.717) is 11.3 Å². The molecule has 0 aliphatic carbocycles. The molecule has 3 aromatic carbocycles. The number of nitrogens with zero attached hydrogens (tertiary/aromatic N) is 1. The fourth-order valence-corrected chi connectivity index (χ4v) is 3.12. The van der Waals surface area contributed by atoms with Gasteiger partial charge in [0.15, 0.2) is 0 Å². The van der Waals surface area contributed by atoms with Gasteiger partial charge in [0.25, 0.3) is 5.91 Å². The molecule has 0 fully saturated rings. The van der Waals surface area contributed by atoms with Gasteiger partial charge in [-0.15, -0.1) is 0 Å². The third kappa shape index (κ3) is 5.14. The van der Waals surface area contributed by atoms with Crippen LogP contribution in [0.1, 0.15) is 21.5 Å². The van der Waals surface area contributed by atoms with Crippen LogP contribution in [0.2, 0.25) is 0 Å². The Morgan fingerprint density at radius 2 is 1.73 bits per heavy atom. The number of carbonyl (C=O) groups excluding carboxylic acids is 1. The summed E-state index contributed by atoms with van der Waals surface area (Å²) in [5, 5.41) is 11.8. The fraction of sp³-hybridized carbons (Fsp3) is 0.120. The number of nitrogens with one attached hydrogen (secondary N) is 1. The van der Waals surface area contributed by atoms with Crippen molar-refractivity contribution in [2.45, 2.75) is 6.92 Å². The van der Waals surface area contributed by atoms with Crippen LogP contribution in [-0.2, 0) is 4.79 Å². The Morgan fingerprint density at radius 1 is 0.967 bits per heavy atom. The van der Waals surface area contributed by atoms with Gasteiger partial charge in [0.05, 0.1) is 0 Å². The molecule has 0 heterocycles. The van der Waals surface area contributed by atoms with Gasteiger partial charge in [0, 0.05) is 37.1 Å². The molecule has 0 aliphatic heterocycles. The second kappa shape index (κ2) is 9.09.